The average molecular weight is 237 g/mol. The quantitative estimate of drug-likeness (QED) is 0.768. The monoisotopic (exact) mass is 237 g/mol. The Morgan fingerprint density at radius 3 is 2.35 bits per heavy atom. The van der Waals surface area contributed by atoms with Crippen molar-refractivity contribution in [2.24, 2.45) is 17.8 Å². The second kappa shape index (κ2) is 6.22. The molecule has 0 spiro atoms. The maximum atomic E-state index is 3.97. The summed E-state index contributed by atoms with van der Waals surface area (Å²) in [5.41, 5.74) is 0. The van der Waals surface area contributed by atoms with Crippen LogP contribution in [0.25, 0.3) is 0 Å². The molecule has 4 unspecified atom stereocenters. The van der Waals surface area contributed by atoms with E-state index in [1.165, 1.54) is 51.4 Å². The van der Waals surface area contributed by atoms with E-state index in [0.29, 0.717) is 0 Å². The third-order valence-electron chi connectivity index (χ3n) is 5.29. The van der Waals surface area contributed by atoms with Crippen LogP contribution < -0.4 is 5.32 Å². The van der Waals surface area contributed by atoms with Crippen LogP contribution in [0.15, 0.2) is 0 Å². The van der Waals surface area contributed by atoms with Crippen molar-refractivity contribution in [1.82, 2.24) is 5.32 Å². The minimum absolute atomic E-state index is 0.744. The van der Waals surface area contributed by atoms with Gasteiger partial charge in [-0.15, -0.1) is 0 Å². The van der Waals surface area contributed by atoms with Gasteiger partial charge >= 0.3 is 0 Å². The molecule has 0 amide bonds. The lowest BCUT2D eigenvalue weighted by atomic mass is 9.78. The van der Waals surface area contributed by atoms with Gasteiger partial charge in [0.2, 0.25) is 0 Å². The van der Waals surface area contributed by atoms with Crippen LogP contribution in [0.1, 0.15) is 72.1 Å². The molecule has 2 aliphatic carbocycles. The lowest BCUT2D eigenvalue weighted by molar-refractivity contribution is 0.183. The molecule has 2 aliphatic rings. The molecular weight excluding hydrogens is 206 g/mol. The minimum atomic E-state index is 0.744. The number of rotatable bonds is 3. The highest BCUT2D eigenvalue weighted by Gasteiger charge is 2.28. The Morgan fingerprint density at radius 2 is 1.65 bits per heavy atom. The SMILES string of the molecule is CC1CCC(C)C(NC(C)C2CCCCC2)C1. The Kier molecular flexibility index (Phi) is 4.90. The third-order valence-corrected chi connectivity index (χ3v) is 5.29. The van der Waals surface area contributed by atoms with Gasteiger partial charge in [0.1, 0.15) is 0 Å². The van der Waals surface area contributed by atoms with E-state index in [9.17, 15) is 0 Å². The molecule has 0 heterocycles. The zero-order chi connectivity index (χ0) is 12.3. The molecule has 1 heteroatoms. The van der Waals surface area contributed by atoms with Crippen LogP contribution in [0.5, 0.6) is 0 Å². The summed E-state index contributed by atoms with van der Waals surface area (Å²) in [6, 6.07) is 1.53. The van der Waals surface area contributed by atoms with Gasteiger partial charge < -0.3 is 5.32 Å². The Bertz CT molecular complexity index is 220. The summed E-state index contributed by atoms with van der Waals surface area (Å²) in [5, 5.41) is 3.97. The summed E-state index contributed by atoms with van der Waals surface area (Å²) in [6.45, 7) is 7.30. The van der Waals surface area contributed by atoms with E-state index >= 15 is 0 Å². The largest absolute Gasteiger partial charge is 0.311 e. The summed E-state index contributed by atoms with van der Waals surface area (Å²) in [6.07, 6.45) is 11.6. The molecule has 4 atom stereocenters. The maximum absolute atomic E-state index is 3.97. The molecular formula is C16H31N. The third kappa shape index (κ3) is 3.71. The van der Waals surface area contributed by atoms with Gasteiger partial charge in [-0.3, -0.25) is 0 Å². The molecule has 2 rings (SSSR count). The van der Waals surface area contributed by atoms with Crippen LogP contribution >= 0.6 is 0 Å². The normalized spacial score (nSPS) is 37.9. The standard InChI is InChI=1S/C16H31N/c1-12-9-10-13(2)16(11-12)17-14(3)15-7-5-4-6-8-15/h12-17H,4-11H2,1-3H3. The molecule has 1 nitrogen and oxygen atoms in total. The molecule has 1 N–H and O–H groups in total. The van der Waals surface area contributed by atoms with Crippen LogP contribution in [0.2, 0.25) is 0 Å². The van der Waals surface area contributed by atoms with Crippen molar-refractivity contribution in [2.45, 2.75) is 84.2 Å². The van der Waals surface area contributed by atoms with Crippen molar-refractivity contribution < 1.29 is 0 Å². The first-order valence-electron chi connectivity index (χ1n) is 7.93. The zero-order valence-electron chi connectivity index (χ0n) is 12.0. The van der Waals surface area contributed by atoms with Crippen LogP contribution in [-0.2, 0) is 0 Å². The highest BCUT2D eigenvalue weighted by Crippen LogP contribution is 2.31. The van der Waals surface area contributed by atoms with E-state index in [0.717, 1.165) is 29.8 Å². The van der Waals surface area contributed by atoms with Gasteiger partial charge in [0.15, 0.2) is 0 Å². The maximum Gasteiger partial charge on any atom is 0.00978 e. The highest BCUT2D eigenvalue weighted by molar-refractivity contribution is 4.85. The van der Waals surface area contributed by atoms with E-state index < -0.39 is 0 Å². The topological polar surface area (TPSA) is 12.0 Å². The first-order chi connectivity index (χ1) is 8.16. The average Bonchev–Trinajstić information content (AvgIpc) is 2.35. The van der Waals surface area contributed by atoms with Crippen LogP contribution in [0, 0.1) is 17.8 Å². The predicted octanol–water partition coefficient (Wildman–Crippen LogP) is 4.37. The van der Waals surface area contributed by atoms with Gasteiger partial charge in [-0.25, -0.2) is 0 Å². The summed E-state index contributed by atoms with van der Waals surface area (Å²) < 4.78 is 0. The van der Waals surface area contributed by atoms with Crippen molar-refractivity contribution in [3.8, 4) is 0 Å². The fourth-order valence-electron chi connectivity index (χ4n) is 3.87. The molecule has 2 fully saturated rings. The minimum Gasteiger partial charge on any atom is -0.311 e. The van der Waals surface area contributed by atoms with Gasteiger partial charge in [-0.05, 0) is 50.4 Å². The summed E-state index contributed by atoms with van der Waals surface area (Å²) in [7, 11) is 0. The second-order valence-electron chi connectivity index (χ2n) is 6.86. The van der Waals surface area contributed by atoms with E-state index in [2.05, 4.69) is 26.1 Å². The van der Waals surface area contributed by atoms with Crippen molar-refractivity contribution in [1.29, 1.82) is 0 Å². The molecule has 0 aromatic carbocycles. The van der Waals surface area contributed by atoms with Crippen LogP contribution in [0.3, 0.4) is 0 Å². The molecule has 0 aromatic rings. The summed E-state index contributed by atoms with van der Waals surface area (Å²) in [4.78, 5) is 0. The Balaban J connectivity index is 1.81. The van der Waals surface area contributed by atoms with Crippen molar-refractivity contribution in [3.05, 3.63) is 0 Å². The number of hydrogen-bond acceptors (Lipinski definition) is 1. The second-order valence-corrected chi connectivity index (χ2v) is 6.86. The van der Waals surface area contributed by atoms with Crippen molar-refractivity contribution >= 4 is 0 Å². The first kappa shape index (κ1) is 13.4. The van der Waals surface area contributed by atoms with Crippen LogP contribution in [-0.4, -0.2) is 12.1 Å². The molecule has 0 aromatic heterocycles. The van der Waals surface area contributed by atoms with Crippen molar-refractivity contribution in [3.63, 3.8) is 0 Å². The molecule has 2 saturated carbocycles. The molecule has 0 radical (unpaired) electrons. The smallest absolute Gasteiger partial charge is 0.00978 e. The van der Waals surface area contributed by atoms with E-state index in [1.807, 2.05) is 0 Å². The molecule has 0 aliphatic heterocycles. The van der Waals surface area contributed by atoms with Gasteiger partial charge in [-0.2, -0.15) is 0 Å². The molecule has 17 heavy (non-hydrogen) atoms. The summed E-state index contributed by atoms with van der Waals surface area (Å²) in [5.74, 6) is 2.77. The van der Waals surface area contributed by atoms with E-state index in [4.69, 9.17) is 0 Å². The van der Waals surface area contributed by atoms with E-state index in [1.54, 1.807) is 0 Å². The highest BCUT2D eigenvalue weighted by atomic mass is 15.0. The Hall–Kier alpha value is -0.0400. The molecule has 0 bridgehead atoms. The molecule has 0 saturated heterocycles. The zero-order valence-corrected chi connectivity index (χ0v) is 12.0. The lowest BCUT2D eigenvalue weighted by Crippen LogP contribution is -2.47. The fourth-order valence-corrected chi connectivity index (χ4v) is 3.87. The first-order valence-corrected chi connectivity index (χ1v) is 7.93. The predicted molar refractivity (Wildman–Crippen MR) is 75.1 cm³/mol. The number of hydrogen-bond donors (Lipinski definition) is 1. The van der Waals surface area contributed by atoms with Gasteiger partial charge in [0.25, 0.3) is 0 Å². The fraction of sp³-hybridized carbons (Fsp3) is 1.00. The number of nitrogens with one attached hydrogen (secondary N) is 1. The lowest BCUT2D eigenvalue weighted by Gasteiger charge is -2.38. The van der Waals surface area contributed by atoms with E-state index in [-0.39, 0.29) is 0 Å². The van der Waals surface area contributed by atoms with Gasteiger partial charge in [0, 0.05) is 12.1 Å². The van der Waals surface area contributed by atoms with Gasteiger partial charge in [-0.1, -0.05) is 39.5 Å². The van der Waals surface area contributed by atoms with Crippen molar-refractivity contribution in [2.75, 3.05) is 0 Å². The van der Waals surface area contributed by atoms with Crippen LogP contribution in [0.4, 0.5) is 0 Å². The van der Waals surface area contributed by atoms with Gasteiger partial charge in [0.05, 0.1) is 0 Å². The Labute approximate surface area is 108 Å². The summed E-state index contributed by atoms with van der Waals surface area (Å²) >= 11 is 0. The molecule has 100 valence electrons. The Morgan fingerprint density at radius 1 is 0.941 bits per heavy atom.